The fourth-order valence-electron chi connectivity index (χ4n) is 3.35. The van der Waals surface area contributed by atoms with E-state index in [1.165, 1.54) is 0 Å². The number of likely N-dealkylation sites (tertiary alicyclic amines) is 1. The van der Waals surface area contributed by atoms with Gasteiger partial charge in [0.05, 0.1) is 11.4 Å². The highest BCUT2D eigenvalue weighted by molar-refractivity contribution is 5.76. The van der Waals surface area contributed by atoms with Gasteiger partial charge in [-0.15, -0.1) is 0 Å². The number of rotatable bonds is 4. The summed E-state index contributed by atoms with van der Waals surface area (Å²) in [6.07, 6.45) is 5.81. The Morgan fingerprint density at radius 1 is 1.14 bits per heavy atom. The largest absolute Gasteiger partial charge is 0.323 e. The number of hydrogen-bond donors (Lipinski definition) is 0. The van der Waals surface area contributed by atoms with Crippen LogP contribution in [0, 0.1) is 6.92 Å². The third kappa shape index (κ3) is 3.21. The SMILES string of the molecule is CCN1CCN(C2CCN(Cc3cnc(C)cn3)CC2)C1=O. The van der Waals surface area contributed by atoms with Gasteiger partial charge in [0.2, 0.25) is 0 Å². The number of aryl methyl sites for hydroxylation is 1. The van der Waals surface area contributed by atoms with E-state index in [4.69, 9.17) is 0 Å². The van der Waals surface area contributed by atoms with E-state index in [2.05, 4.69) is 19.8 Å². The summed E-state index contributed by atoms with van der Waals surface area (Å²) in [4.78, 5) is 27.4. The third-order valence-corrected chi connectivity index (χ3v) is 4.73. The first-order chi connectivity index (χ1) is 10.7. The predicted octanol–water partition coefficient (Wildman–Crippen LogP) is 1.51. The summed E-state index contributed by atoms with van der Waals surface area (Å²) in [6.45, 7) is 9.50. The zero-order valence-corrected chi connectivity index (χ0v) is 13.5. The summed E-state index contributed by atoms with van der Waals surface area (Å²) < 4.78 is 0. The van der Waals surface area contributed by atoms with Crippen molar-refractivity contribution in [2.24, 2.45) is 0 Å². The molecular formula is C16H25N5O. The average Bonchev–Trinajstić information content (AvgIpc) is 2.91. The predicted molar refractivity (Wildman–Crippen MR) is 84.4 cm³/mol. The van der Waals surface area contributed by atoms with Crippen molar-refractivity contribution in [3.05, 3.63) is 23.8 Å². The number of urea groups is 1. The van der Waals surface area contributed by atoms with Crippen LogP contribution in [0.25, 0.3) is 0 Å². The van der Waals surface area contributed by atoms with Crippen molar-refractivity contribution in [3.8, 4) is 0 Å². The van der Waals surface area contributed by atoms with Gasteiger partial charge in [0.15, 0.2) is 0 Å². The third-order valence-electron chi connectivity index (χ3n) is 4.73. The van der Waals surface area contributed by atoms with Gasteiger partial charge in [0.25, 0.3) is 0 Å². The maximum Gasteiger partial charge on any atom is 0.320 e. The molecule has 1 aromatic rings. The molecule has 6 heteroatoms. The minimum atomic E-state index is 0.227. The van der Waals surface area contributed by atoms with E-state index in [0.29, 0.717) is 6.04 Å². The summed E-state index contributed by atoms with van der Waals surface area (Å²) in [6, 6.07) is 0.634. The number of carbonyl (C=O) groups is 1. The highest BCUT2D eigenvalue weighted by Crippen LogP contribution is 2.22. The number of carbonyl (C=O) groups excluding carboxylic acids is 1. The Hall–Kier alpha value is -1.69. The van der Waals surface area contributed by atoms with Crippen molar-refractivity contribution in [2.75, 3.05) is 32.7 Å². The van der Waals surface area contributed by atoms with E-state index in [1.54, 1.807) is 0 Å². The van der Waals surface area contributed by atoms with Crippen LogP contribution in [0.4, 0.5) is 4.79 Å². The lowest BCUT2D eigenvalue weighted by Gasteiger charge is -2.36. The van der Waals surface area contributed by atoms with Gasteiger partial charge >= 0.3 is 6.03 Å². The minimum absolute atomic E-state index is 0.227. The Morgan fingerprint density at radius 3 is 2.50 bits per heavy atom. The zero-order chi connectivity index (χ0) is 15.5. The quantitative estimate of drug-likeness (QED) is 0.846. The maximum atomic E-state index is 12.3. The van der Waals surface area contributed by atoms with Crippen molar-refractivity contribution in [2.45, 2.75) is 39.3 Å². The zero-order valence-electron chi connectivity index (χ0n) is 13.5. The Labute approximate surface area is 132 Å². The fraction of sp³-hybridized carbons (Fsp3) is 0.688. The van der Waals surface area contributed by atoms with Crippen LogP contribution in [-0.2, 0) is 6.54 Å². The van der Waals surface area contributed by atoms with E-state index in [0.717, 1.165) is 63.5 Å². The molecule has 0 aliphatic carbocycles. The molecule has 0 atom stereocenters. The molecule has 6 nitrogen and oxygen atoms in total. The molecular weight excluding hydrogens is 278 g/mol. The molecule has 0 unspecified atom stereocenters. The van der Waals surface area contributed by atoms with Gasteiger partial charge in [-0.2, -0.15) is 0 Å². The van der Waals surface area contributed by atoms with E-state index in [-0.39, 0.29) is 6.03 Å². The molecule has 0 spiro atoms. The summed E-state index contributed by atoms with van der Waals surface area (Å²) in [5, 5.41) is 0. The van der Waals surface area contributed by atoms with E-state index in [1.807, 2.05) is 31.1 Å². The van der Waals surface area contributed by atoms with Crippen molar-refractivity contribution in [1.82, 2.24) is 24.7 Å². The van der Waals surface area contributed by atoms with Crippen molar-refractivity contribution >= 4 is 6.03 Å². The number of piperidine rings is 1. The molecule has 0 radical (unpaired) electrons. The molecule has 2 fully saturated rings. The molecule has 3 rings (SSSR count). The van der Waals surface area contributed by atoms with Gasteiger partial charge in [-0.05, 0) is 26.7 Å². The van der Waals surface area contributed by atoms with Gasteiger partial charge in [0, 0.05) is 57.7 Å². The molecule has 2 aliphatic heterocycles. The van der Waals surface area contributed by atoms with Crippen molar-refractivity contribution in [1.29, 1.82) is 0 Å². The van der Waals surface area contributed by atoms with Crippen molar-refractivity contribution < 1.29 is 4.79 Å². The standard InChI is InChI=1S/C16H25N5O/c1-3-20-8-9-21(16(20)22)15-4-6-19(7-5-15)12-14-11-17-13(2)10-18-14/h10-11,15H,3-9,12H2,1-2H3. The van der Waals surface area contributed by atoms with Crippen LogP contribution in [0.5, 0.6) is 0 Å². The van der Waals surface area contributed by atoms with Crippen LogP contribution in [0.3, 0.4) is 0 Å². The van der Waals surface area contributed by atoms with Crippen LogP contribution < -0.4 is 0 Å². The van der Waals surface area contributed by atoms with Gasteiger partial charge < -0.3 is 9.80 Å². The molecule has 0 aromatic carbocycles. The maximum absolute atomic E-state index is 12.3. The van der Waals surface area contributed by atoms with Crippen LogP contribution in [-0.4, -0.2) is 69.5 Å². The molecule has 0 saturated carbocycles. The molecule has 2 saturated heterocycles. The minimum Gasteiger partial charge on any atom is -0.323 e. The van der Waals surface area contributed by atoms with Gasteiger partial charge in [-0.25, -0.2) is 4.79 Å². The first kappa shape index (κ1) is 15.2. The number of amides is 2. The topological polar surface area (TPSA) is 52.6 Å². The van der Waals surface area contributed by atoms with E-state index >= 15 is 0 Å². The lowest BCUT2D eigenvalue weighted by molar-refractivity contribution is 0.126. The van der Waals surface area contributed by atoms with E-state index < -0.39 is 0 Å². The molecule has 22 heavy (non-hydrogen) atoms. The number of aromatic nitrogens is 2. The van der Waals surface area contributed by atoms with E-state index in [9.17, 15) is 4.79 Å². The summed E-state index contributed by atoms with van der Waals surface area (Å²) >= 11 is 0. The van der Waals surface area contributed by atoms with Gasteiger partial charge in [-0.3, -0.25) is 14.9 Å². The lowest BCUT2D eigenvalue weighted by Crippen LogP contribution is -2.46. The van der Waals surface area contributed by atoms with Gasteiger partial charge in [0.1, 0.15) is 0 Å². The van der Waals surface area contributed by atoms with Crippen LogP contribution in [0.15, 0.2) is 12.4 Å². The molecule has 1 aromatic heterocycles. The highest BCUT2D eigenvalue weighted by atomic mass is 16.2. The highest BCUT2D eigenvalue weighted by Gasteiger charge is 2.34. The normalized spacial score (nSPS) is 20.9. The molecule has 3 heterocycles. The molecule has 0 bridgehead atoms. The summed E-state index contributed by atoms with van der Waals surface area (Å²) in [7, 11) is 0. The second-order valence-corrected chi connectivity index (χ2v) is 6.21. The Morgan fingerprint density at radius 2 is 1.91 bits per heavy atom. The first-order valence-electron chi connectivity index (χ1n) is 8.23. The number of nitrogens with zero attached hydrogens (tertiary/aromatic N) is 5. The van der Waals surface area contributed by atoms with Crippen LogP contribution in [0.2, 0.25) is 0 Å². The Bertz CT molecular complexity index is 510. The molecule has 2 amide bonds. The van der Waals surface area contributed by atoms with Crippen LogP contribution >= 0.6 is 0 Å². The number of hydrogen-bond acceptors (Lipinski definition) is 4. The fourth-order valence-corrected chi connectivity index (χ4v) is 3.35. The second-order valence-electron chi connectivity index (χ2n) is 6.21. The molecule has 120 valence electrons. The van der Waals surface area contributed by atoms with Crippen molar-refractivity contribution in [3.63, 3.8) is 0 Å². The Balaban J connectivity index is 1.50. The average molecular weight is 303 g/mol. The molecule has 0 N–H and O–H groups in total. The number of likely N-dealkylation sites (N-methyl/N-ethyl adjacent to an activating group) is 1. The smallest absolute Gasteiger partial charge is 0.320 e. The van der Waals surface area contributed by atoms with Crippen LogP contribution in [0.1, 0.15) is 31.2 Å². The summed E-state index contributed by atoms with van der Waals surface area (Å²) in [5.41, 5.74) is 1.98. The molecule has 2 aliphatic rings. The summed E-state index contributed by atoms with van der Waals surface area (Å²) in [5.74, 6) is 0. The first-order valence-corrected chi connectivity index (χ1v) is 8.23. The second kappa shape index (κ2) is 6.60. The Kier molecular flexibility index (Phi) is 4.57. The monoisotopic (exact) mass is 303 g/mol. The lowest BCUT2D eigenvalue weighted by atomic mass is 10.0. The van der Waals surface area contributed by atoms with Gasteiger partial charge in [-0.1, -0.05) is 0 Å².